The van der Waals surface area contributed by atoms with Crippen molar-refractivity contribution in [1.29, 1.82) is 0 Å². The number of fused-ring (bicyclic) bond motifs is 5. The number of phenolic OH excluding ortho intramolecular Hbond substituents is 1. The Morgan fingerprint density at radius 3 is 2.53 bits per heavy atom. The van der Waals surface area contributed by atoms with Crippen molar-refractivity contribution < 1.29 is 37.0 Å². The lowest BCUT2D eigenvalue weighted by molar-refractivity contribution is -0.154. The van der Waals surface area contributed by atoms with Crippen molar-refractivity contribution in [3.63, 3.8) is 0 Å². The Bertz CT molecular complexity index is 1830. The van der Waals surface area contributed by atoms with Crippen LogP contribution in [0.25, 0.3) is 11.0 Å². The summed E-state index contributed by atoms with van der Waals surface area (Å²) in [6, 6.07) is 12.7. The van der Waals surface area contributed by atoms with Gasteiger partial charge in [0.2, 0.25) is 11.2 Å². The highest BCUT2D eigenvalue weighted by atomic mass is 19.4. The molecule has 0 amide bonds. The number of esters is 1. The third kappa shape index (κ3) is 5.38. The van der Waals surface area contributed by atoms with E-state index in [0.717, 1.165) is 12.1 Å². The zero-order chi connectivity index (χ0) is 30.5. The minimum absolute atomic E-state index is 0.0308. The van der Waals surface area contributed by atoms with Crippen molar-refractivity contribution in [2.45, 2.75) is 38.5 Å². The van der Waals surface area contributed by atoms with E-state index < -0.39 is 29.1 Å². The highest BCUT2D eigenvalue weighted by Crippen LogP contribution is 2.41. The van der Waals surface area contributed by atoms with Crippen molar-refractivity contribution in [2.75, 3.05) is 19.7 Å². The molecule has 6 rings (SSSR count). The first-order chi connectivity index (χ1) is 20.5. The number of aromatic nitrogens is 1. The van der Waals surface area contributed by atoms with E-state index >= 15 is 0 Å². The zero-order valence-electron chi connectivity index (χ0n) is 23.0. The van der Waals surface area contributed by atoms with Gasteiger partial charge in [-0.05, 0) is 61.7 Å². The topological polar surface area (TPSA) is 111 Å². The van der Waals surface area contributed by atoms with Gasteiger partial charge in [-0.15, -0.1) is 0 Å². The summed E-state index contributed by atoms with van der Waals surface area (Å²) >= 11 is 0. The molecule has 4 aromatic rings. The highest BCUT2D eigenvalue weighted by Gasteiger charge is 2.41. The van der Waals surface area contributed by atoms with Crippen molar-refractivity contribution in [3.05, 3.63) is 97.8 Å². The van der Waals surface area contributed by atoms with Crippen LogP contribution >= 0.6 is 0 Å². The molecule has 2 aromatic heterocycles. The number of phenols is 1. The molecular formula is C31H27F3N2O7. The minimum atomic E-state index is -5.10. The average molecular weight is 597 g/mol. The van der Waals surface area contributed by atoms with Crippen LogP contribution in [-0.4, -0.2) is 40.2 Å². The van der Waals surface area contributed by atoms with Gasteiger partial charge in [-0.25, -0.2) is 4.79 Å². The number of rotatable bonds is 6. The van der Waals surface area contributed by atoms with Crippen LogP contribution in [0.15, 0.2) is 68.6 Å². The summed E-state index contributed by atoms with van der Waals surface area (Å²) in [7, 11) is 0. The molecule has 2 aliphatic heterocycles. The molecule has 224 valence electrons. The molecule has 0 spiro atoms. The number of likely N-dealkylation sites (tertiary alicyclic amines) is 1. The number of pyridine rings is 1. The molecule has 2 aliphatic rings. The summed E-state index contributed by atoms with van der Waals surface area (Å²) in [5, 5.41) is 10.6. The fourth-order valence-corrected chi connectivity index (χ4v) is 6.06. The Morgan fingerprint density at radius 2 is 1.81 bits per heavy atom. The molecule has 2 aromatic carbocycles. The number of benzene rings is 2. The minimum Gasteiger partial charge on any atom is -0.507 e. The highest BCUT2D eigenvalue weighted by molar-refractivity contribution is 5.89. The van der Waals surface area contributed by atoms with E-state index in [9.17, 15) is 32.7 Å². The molecule has 9 nitrogen and oxygen atoms in total. The molecular weight excluding hydrogens is 569 g/mol. The van der Waals surface area contributed by atoms with Gasteiger partial charge in [-0.1, -0.05) is 6.07 Å². The molecule has 0 saturated carbocycles. The van der Waals surface area contributed by atoms with E-state index in [1.807, 2.05) is 11.0 Å². The summed E-state index contributed by atoms with van der Waals surface area (Å²) < 4.78 is 60.2. The van der Waals surface area contributed by atoms with Crippen LogP contribution in [0.2, 0.25) is 0 Å². The maximum Gasteiger partial charge on any atom is 0.453 e. The number of ether oxygens (including phenoxy) is 2. The number of hydrogen-bond donors (Lipinski definition) is 1. The van der Waals surface area contributed by atoms with Crippen molar-refractivity contribution >= 4 is 16.9 Å². The Hall–Kier alpha value is -4.58. The van der Waals surface area contributed by atoms with Crippen LogP contribution in [0.5, 0.6) is 17.2 Å². The van der Waals surface area contributed by atoms with Gasteiger partial charge in [0.1, 0.15) is 17.1 Å². The quantitative estimate of drug-likeness (QED) is 0.300. The van der Waals surface area contributed by atoms with Crippen LogP contribution in [0, 0.1) is 5.92 Å². The fourth-order valence-electron chi connectivity index (χ4n) is 6.06. The first-order valence-electron chi connectivity index (χ1n) is 13.8. The molecule has 0 unspecified atom stereocenters. The second kappa shape index (κ2) is 10.9. The van der Waals surface area contributed by atoms with Crippen LogP contribution < -0.4 is 15.7 Å². The van der Waals surface area contributed by atoms with Crippen molar-refractivity contribution in [1.82, 2.24) is 9.47 Å². The molecule has 0 aliphatic carbocycles. The Morgan fingerprint density at radius 1 is 1.05 bits per heavy atom. The lowest BCUT2D eigenvalue weighted by Gasteiger charge is -2.42. The standard InChI is InChI=1S/C31H27F3N2O7/c1-2-41-30(40)18-6-8-20(9-7-18)42-28-26(39)21-10-11-24(37)22(27(21)43-29(28)31(32,33)34)16-35-13-17-12-19(15-35)23-4-3-5-25(38)36(23)14-17/h3-11,17,19,37H,2,12-16H2,1H3/t17-,19+/m1/s1. The van der Waals surface area contributed by atoms with Gasteiger partial charge in [0.25, 0.3) is 11.3 Å². The molecule has 1 saturated heterocycles. The van der Waals surface area contributed by atoms with Gasteiger partial charge in [0, 0.05) is 43.9 Å². The first-order valence-corrected chi connectivity index (χ1v) is 13.8. The summed E-state index contributed by atoms with van der Waals surface area (Å²) in [5.74, 6) is -3.58. The normalized spacial score (nSPS) is 18.3. The maximum atomic E-state index is 14.3. The summed E-state index contributed by atoms with van der Waals surface area (Å²) in [5.41, 5.74) is -0.396. The summed E-state index contributed by atoms with van der Waals surface area (Å²) in [6.45, 7) is 3.40. The number of carbonyl (C=O) groups excluding carboxylic acids is 1. The van der Waals surface area contributed by atoms with Gasteiger partial charge in [0.05, 0.1) is 23.1 Å². The molecule has 12 heteroatoms. The lowest BCUT2D eigenvalue weighted by Crippen LogP contribution is -2.46. The zero-order valence-corrected chi connectivity index (χ0v) is 23.0. The van der Waals surface area contributed by atoms with Crippen molar-refractivity contribution in [2.24, 2.45) is 5.92 Å². The van der Waals surface area contributed by atoms with E-state index in [1.165, 1.54) is 42.5 Å². The average Bonchev–Trinajstić information content (AvgIpc) is 2.96. The summed E-state index contributed by atoms with van der Waals surface area (Å²) in [6.07, 6.45) is -4.23. The molecule has 43 heavy (non-hydrogen) atoms. The van der Waals surface area contributed by atoms with E-state index in [4.69, 9.17) is 13.9 Å². The predicted octanol–water partition coefficient (Wildman–Crippen LogP) is 5.27. The van der Waals surface area contributed by atoms with E-state index in [2.05, 4.69) is 0 Å². The van der Waals surface area contributed by atoms with Gasteiger partial charge in [0.15, 0.2) is 0 Å². The second-order valence-electron chi connectivity index (χ2n) is 10.8. The van der Waals surface area contributed by atoms with Gasteiger partial charge in [-0.3, -0.25) is 14.5 Å². The smallest absolute Gasteiger partial charge is 0.453 e. The number of piperidine rings is 1. The van der Waals surface area contributed by atoms with E-state index in [1.54, 1.807) is 17.6 Å². The summed E-state index contributed by atoms with van der Waals surface area (Å²) in [4.78, 5) is 39.7. The number of aromatic hydroxyl groups is 1. The van der Waals surface area contributed by atoms with Gasteiger partial charge >= 0.3 is 12.1 Å². The van der Waals surface area contributed by atoms with E-state index in [0.29, 0.717) is 19.6 Å². The molecule has 0 radical (unpaired) electrons. The third-order valence-electron chi connectivity index (χ3n) is 7.88. The van der Waals surface area contributed by atoms with Crippen LogP contribution in [0.3, 0.4) is 0 Å². The predicted molar refractivity (Wildman–Crippen MR) is 148 cm³/mol. The SMILES string of the molecule is CCOC(=O)c1ccc(Oc2c(C(F)(F)F)oc3c(CN4C[C@H]5C[C@@H](C4)c4cccc(=O)n4C5)c(O)ccc3c2=O)cc1. The fraction of sp³-hybridized carbons (Fsp3) is 0.323. The third-order valence-corrected chi connectivity index (χ3v) is 7.88. The molecule has 1 fully saturated rings. The first kappa shape index (κ1) is 28.5. The Balaban J connectivity index is 1.36. The molecule has 2 atom stereocenters. The Kier molecular flexibility index (Phi) is 7.25. The number of halogens is 3. The maximum absolute atomic E-state index is 14.3. The van der Waals surface area contributed by atoms with Crippen molar-refractivity contribution in [3.8, 4) is 17.2 Å². The largest absolute Gasteiger partial charge is 0.507 e. The van der Waals surface area contributed by atoms with Crippen LogP contribution in [0.1, 0.15) is 46.6 Å². The number of hydrogen-bond acceptors (Lipinski definition) is 8. The lowest BCUT2D eigenvalue weighted by atomic mass is 9.83. The molecule has 1 N–H and O–H groups in total. The van der Waals surface area contributed by atoms with E-state index in [-0.39, 0.29) is 64.1 Å². The van der Waals surface area contributed by atoms with Crippen LogP contribution in [0.4, 0.5) is 13.2 Å². The van der Waals surface area contributed by atoms with Gasteiger partial charge in [-0.2, -0.15) is 13.2 Å². The Labute approximate surface area is 242 Å². The van der Waals surface area contributed by atoms with Gasteiger partial charge < -0.3 is 23.6 Å². The number of carbonyl (C=O) groups is 1. The monoisotopic (exact) mass is 596 g/mol. The number of alkyl halides is 3. The second-order valence-corrected chi connectivity index (χ2v) is 10.8. The van der Waals surface area contributed by atoms with Crippen LogP contribution in [-0.2, 0) is 24.0 Å². The molecule has 4 heterocycles. The molecule has 2 bridgehead atoms. The number of nitrogens with zero attached hydrogens (tertiary/aromatic N) is 2.